The van der Waals surface area contributed by atoms with Crippen LogP contribution in [0, 0.1) is 0 Å². The molecule has 7 nitrogen and oxygen atoms in total. The summed E-state index contributed by atoms with van der Waals surface area (Å²) in [7, 11) is 3.04. The van der Waals surface area contributed by atoms with Crippen molar-refractivity contribution in [3.05, 3.63) is 77.9 Å². The number of alkyl halides is 3. The number of fused-ring (bicyclic) bond motifs is 1. The summed E-state index contributed by atoms with van der Waals surface area (Å²) < 4.78 is 47.3. The largest absolute Gasteiger partial charge is 0.497 e. The van der Waals surface area contributed by atoms with Crippen LogP contribution in [-0.4, -0.2) is 51.1 Å². The Bertz CT molecular complexity index is 1290. The van der Waals surface area contributed by atoms with Gasteiger partial charge in [0.2, 0.25) is 0 Å². The van der Waals surface area contributed by atoms with E-state index in [4.69, 9.17) is 4.74 Å². The standard InChI is InChI=1S/C23H20F3N5O2/c1-30(11-9-16-7-3-4-10-27-16)22(32)18-14-28-31-20(23(24,25)26)13-19(29-21(18)31)15-6-5-8-17(12-15)33-2/h3-8,10,12-14H,9,11H2,1-2H3. The molecule has 3 aromatic heterocycles. The minimum atomic E-state index is -4.70. The van der Waals surface area contributed by atoms with Crippen molar-refractivity contribution >= 4 is 11.6 Å². The number of ether oxygens (including phenoxy) is 1. The number of hydrogen-bond donors (Lipinski definition) is 0. The van der Waals surface area contributed by atoms with E-state index < -0.39 is 17.8 Å². The first-order valence-corrected chi connectivity index (χ1v) is 10.0. The lowest BCUT2D eigenvalue weighted by atomic mass is 10.1. The predicted molar refractivity (Wildman–Crippen MR) is 115 cm³/mol. The van der Waals surface area contributed by atoms with Crippen molar-refractivity contribution in [3.63, 3.8) is 0 Å². The fourth-order valence-corrected chi connectivity index (χ4v) is 3.38. The topological polar surface area (TPSA) is 72.6 Å². The molecule has 0 atom stereocenters. The van der Waals surface area contributed by atoms with Crippen molar-refractivity contribution in [1.29, 1.82) is 0 Å². The minimum absolute atomic E-state index is 0.0197. The van der Waals surface area contributed by atoms with Crippen molar-refractivity contribution in [3.8, 4) is 17.0 Å². The number of pyridine rings is 1. The van der Waals surface area contributed by atoms with Gasteiger partial charge in [-0.3, -0.25) is 9.78 Å². The Kier molecular flexibility index (Phi) is 5.99. The summed E-state index contributed by atoms with van der Waals surface area (Å²) in [6.45, 7) is 0.328. The van der Waals surface area contributed by atoms with Gasteiger partial charge in [0.1, 0.15) is 11.3 Å². The zero-order valence-corrected chi connectivity index (χ0v) is 17.9. The average Bonchev–Trinajstić information content (AvgIpc) is 3.25. The summed E-state index contributed by atoms with van der Waals surface area (Å²) in [6, 6.07) is 12.9. The molecule has 0 N–H and O–H groups in total. The van der Waals surface area contributed by atoms with Crippen molar-refractivity contribution in [2.75, 3.05) is 20.7 Å². The number of halogens is 3. The molecule has 10 heteroatoms. The van der Waals surface area contributed by atoms with Gasteiger partial charge in [-0.1, -0.05) is 18.2 Å². The van der Waals surface area contributed by atoms with Crippen molar-refractivity contribution in [2.45, 2.75) is 12.6 Å². The van der Waals surface area contributed by atoms with Crippen LogP contribution >= 0.6 is 0 Å². The minimum Gasteiger partial charge on any atom is -0.497 e. The van der Waals surface area contributed by atoms with Crippen LogP contribution in [-0.2, 0) is 12.6 Å². The Morgan fingerprint density at radius 2 is 1.97 bits per heavy atom. The maximum atomic E-state index is 13.8. The first-order valence-electron chi connectivity index (χ1n) is 10.0. The van der Waals surface area contributed by atoms with Crippen LogP contribution in [0.15, 0.2) is 60.9 Å². The molecule has 1 amide bonds. The molecule has 0 aliphatic carbocycles. The lowest BCUT2D eigenvalue weighted by Crippen LogP contribution is -2.29. The highest BCUT2D eigenvalue weighted by atomic mass is 19.4. The van der Waals surface area contributed by atoms with Crippen LogP contribution in [0.4, 0.5) is 13.2 Å². The van der Waals surface area contributed by atoms with Gasteiger partial charge in [-0.05, 0) is 30.3 Å². The average molecular weight is 455 g/mol. The number of methoxy groups -OCH3 is 1. The van der Waals surface area contributed by atoms with E-state index in [-0.39, 0.29) is 16.9 Å². The van der Waals surface area contributed by atoms with Crippen LogP contribution in [0.1, 0.15) is 21.7 Å². The second-order valence-electron chi connectivity index (χ2n) is 7.35. The molecule has 4 rings (SSSR count). The second kappa shape index (κ2) is 8.89. The number of hydrogen-bond acceptors (Lipinski definition) is 5. The highest BCUT2D eigenvalue weighted by molar-refractivity contribution is 5.99. The number of rotatable bonds is 6. The van der Waals surface area contributed by atoms with E-state index in [1.54, 1.807) is 43.6 Å². The first kappa shape index (κ1) is 22.3. The molecule has 4 aromatic rings. The van der Waals surface area contributed by atoms with Crippen LogP contribution in [0.2, 0.25) is 0 Å². The molecule has 1 aromatic carbocycles. The summed E-state index contributed by atoms with van der Waals surface area (Å²) in [5, 5.41) is 3.82. The molecule has 170 valence electrons. The smallest absolute Gasteiger partial charge is 0.433 e. The highest BCUT2D eigenvalue weighted by Gasteiger charge is 2.36. The first-order chi connectivity index (χ1) is 15.8. The third-order valence-electron chi connectivity index (χ3n) is 5.13. The molecule has 3 heterocycles. The van der Waals surface area contributed by atoms with Crippen LogP contribution in [0.25, 0.3) is 16.9 Å². The SMILES string of the molecule is COc1cccc(-c2cc(C(F)(F)F)n3ncc(C(=O)N(C)CCc4ccccn4)c3n2)c1. The molecule has 0 bridgehead atoms. The molecule has 0 aliphatic heterocycles. The van der Waals surface area contributed by atoms with E-state index in [0.29, 0.717) is 28.8 Å². The number of benzene rings is 1. The second-order valence-corrected chi connectivity index (χ2v) is 7.35. The Labute approximate surface area is 187 Å². The zero-order chi connectivity index (χ0) is 23.6. The van der Waals surface area contributed by atoms with Crippen molar-refractivity contribution in [1.82, 2.24) is 24.5 Å². The maximum absolute atomic E-state index is 13.8. The van der Waals surface area contributed by atoms with Gasteiger partial charge in [0.05, 0.1) is 19.0 Å². The van der Waals surface area contributed by atoms with Crippen LogP contribution in [0.5, 0.6) is 5.75 Å². The Morgan fingerprint density at radius 1 is 1.15 bits per heavy atom. The number of aromatic nitrogens is 4. The summed E-state index contributed by atoms with van der Waals surface area (Å²) in [6.07, 6.45) is -1.43. The van der Waals surface area contributed by atoms with Gasteiger partial charge in [-0.15, -0.1) is 0 Å². The van der Waals surface area contributed by atoms with E-state index in [9.17, 15) is 18.0 Å². The molecule has 0 spiro atoms. The molecule has 0 unspecified atom stereocenters. The molecule has 0 fully saturated rings. The van der Waals surface area contributed by atoms with Gasteiger partial charge in [-0.25, -0.2) is 9.50 Å². The van der Waals surface area contributed by atoms with E-state index >= 15 is 0 Å². The number of carbonyl (C=O) groups is 1. The Morgan fingerprint density at radius 3 is 2.67 bits per heavy atom. The summed E-state index contributed by atoms with van der Waals surface area (Å²) in [5.74, 6) is -0.00820. The number of likely N-dealkylation sites (N-methyl/N-ethyl adjacent to an activating group) is 1. The molecular weight excluding hydrogens is 435 g/mol. The van der Waals surface area contributed by atoms with Crippen molar-refractivity contribution < 1.29 is 22.7 Å². The van der Waals surface area contributed by atoms with Gasteiger partial charge in [0, 0.05) is 37.5 Å². The van der Waals surface area contributed by atoms with Gasteiger partial charge in [0.15, 0.2) is 11.3 Å². The normalized spacial score (nSPS) is 11.5. The van der Waals surface area contributed by atoms with E-state index in [1.807, 2.05) is 12.1 Å². The predicted octanol–water partition coefficient (Wildman–Crippen LogP) is 4.13. The molecular formula is C23H20F3N5O2. The van der Waals surface area contributed by atoms with E-state index in [0.717, 1.165) is 18.0 Å². The van der Waals surface area contributed by atoms with E-state index in [1.165, 1.54) is 12.0 Å². The Balaban J connectivity index is 1.74. The fourth-order valence-electron chi connectivity index (χ4n) is 3.38. The summed E-state index contributed by atoms with van der Waals surface area (Å²) in [5.41, 5.74) is 0.0614. The van der Waals surface area contributed by atoms with Crippen LogP contribution in [0.3, 0.4) is 0 Å². The third kappa shape index (κ3) is 4.64. The molecule has 0 saturated carbocycles. The fraction of sp³-hybridized carbons (Fsp3) is 0.217. The van der Waals surface area contributed by atoms with Gasteiger partial charge in [-0.2, -0.15) is 18.3 Å². The zero-order valence-electron chi connectivity index (χ0n) is 17.9. The Hall–Kier alpha value is -3.95. The van der Waals surface area contributed by atoms with Crippen molar-refractivity contribution in [2.24, 2.45) is 0 Å². The lowest BCUT2D eigenvalue weighted by molar-refractivity contribution is -0.142. The summed E-state index contributed by atoms with van der Waals surface area (Å²) >= 11 is 0. The van der Waals surface area contributed by atoms with E-state index in [2.05, 4.69) is 15.1 Å². The van der Waals surface area contributed by atoms with Gasteiger partial charge < -0.3 is 9.64 Å². The number of carbonyl (C=O) groups excluding carboxylic acids is 1. The molecule has 0 aliphatic rings. The van der Waals surface area contributed by atoms with Gasteiger partial charge >= 0.3 is 6.18 Å². The highest BCUT2D eigenvalue weighted by Crippen LogP contribution is 2.33. The third-order valence-corrected chi connectivity index (χ3v) is 5.13. The molecule has 33 heavy (non-hydrogen) atoms. The molecule has 0 radical (unpaired) electrons. The number of amides is 1. The summed E-state index contributed by atoms with van der Waals surface area (Å²) in [4.78, 5) is 23.1. The van der Waals surface area contributed by atoms with Gasteiger partial charge in [0.25, 0.3) is 5.91 Å². The lowest BCUT2D eigenvalue weighted by Gasteiger charge is -2.16. The maximum Gasteiger partial charge on any atom is 0.433 e. The molecule has 0 saturated heterocycles. The quantitative estimate of drug-likeness (QED) is 0.437. The monoisotopic (exact) mass is 455 g/mol. The number of nitrogens with zero attached hydrogens (tertiary/aromatic N) is 5. The van der Waals surface area contributed by atoms with Crippen LogP contribution < -0.4 is 4.74 Å².